The number of amides is 1. The van der Waals surface area contributed by atoms with Gasteiger partial charge in [0, 0.05) is 30.5 Å². The summed E-state index contributed by atoms with van der Waals surface area (Å²) in [4.78, 5) is 26.8. The number of aromatic nitrogens is 1. The molecule has 1 heterocycles. The zero-order valence-corrected chi connectivity index (χ0v) is 11.9. The summed E-state index contributed by atoms with van der Waals surface area (Å²) in [6, 6.07) is 11.0. The van der Waals surface area contributed by atoms with Crippen molar-refractivity contribution >= 4 is 5.91 Å². The smallest absolute Gasteiger partial charge is 0.257 e. The van der Waals surface area contributed by atoms with Gasteiger partial charge in [0.05, 0.1) is 0 Å². The second kappa shape index (κ2) is 6.85. The molecule has 0 aliphatic rings. The number of rotatable bonds is 5. The van der Waals surface area contributed by atoms with Crippen molar-refractivity contribution in [3.8, 4) is 0 Å². The van der Waals surface area contributed by atoms with Gasteiger partial charge in [-0.3, -0.25) is 9.59 Å². The van der Waals surface area contributed by atoms with E-state index in [0.29, 0.717) is 13.0 Å². The van der Waals surface area contributed by atoms with Gasteiger partial charge in [-0.15, -0.1) is 0 Å². The van der Waals surface area contributed by atoms with Gasteiger partial charge in [-0.25, -0.2) is 0 Å². The second-order valence-corrected chi connectivity index (χ2v) is 4.99. The minimum absolute atomic E-state index is 0.104. The maximum Gasteiger partial charge on any atom is 0.257 e. The summed E-state index contributed by atoms with van der Waals surface area (Å²) in [6.07, 6.45) is 2.07. The Bertz CT molecular complexity index is 665. The molecule has 0 bridgehead atoms. The fraction of sp³-hybridized carbons (Fsp3) is 0.250. The highest BCUT2D eigenvalue weighted by atomic mass is 16.2. The molecule has 0 spiro atoms. The Labute approximate surface area is 123 Å². The lowest BCUT2D eigenvalue weighted by atomic mass is 10.1. The van der Waals surface area contributed by atoms with Gasteiger partial charge in [0.25, 0.3) is 5.91 Å². The second-order valence-electron chi connectivity index (χ2n) is 4.99. The first-order valence-electron chi connectivity index (χ1n) is 6.84. The third-order valence-electron chi connectivity index (χ3n) is 3.25. The fourth-order valence-corrected chi connectivity index (χ4v) is 2.11. The number of pyridine rings is 1. The van der Waals surface area contributed by atoms with Gasteiger partial charge >= 0.3 is 0 Å². The highest BCUT2D eigenvalue weighted by Crippen LogP contribution is 2.03. The zero-order valence-electron chi connectivity index (χ0n) is 11.9. The number of benzene rings is 1. The van der Waals surface area contributed by atoms with Crippen LogP contribution in [0.1, 0.15) is 21.6 Å². The molecule has 5 heteroatoms. The van der Waals surface area contributed by atoms with Crippen LogP contribution in [0.4, 0.5) is 0 Å². The largest absolute Gasteiger partial charge is 0.364 e. The molecule has 1 unspecified atom stereocenters. The number of H-pyrrole nitrogens is 1. The molecule has 2 aromatic rings. The number of nitrogens with one attached hydrogen (secondary N) is 2. The van der Waals surface area contributed by atoms with Crippen molar-refractivity contribution in [3.05, 3.63) is 69.6 Å². The van der Waals surface area contributed by atoms with E-state index in [0.717, 1.165) is 11.3 Å². The normalized spacial score (nSPS) is 11.9. The summed E-state index contributed by atoms with van der Waals surface area (Å²) in [5.41, 5.74) is 7.33. The number of carbonyl (C=O) groups excluding carboxylic acids is 1. The van der Waals surface area contributed by atoms with Crippen molar-refractivity contribution in [1.29, 1.82) is 0 Å². The van der Waals surface area contributed by atoms with Crippen molar-refractivity contribution in [3.63, 3.8) is 0 Å². The molecular weight excluding hydrogens is 266 g/mol. The Morgan fingerprint density at radius 1 is 1.33 bits per heavy atom. The van der Waals surface area contributed by atoms with Crippen molar-refractivity contribution < 1.29 is 4.79 Å². The van der Waals surface area contributed by atoms with E-state index in [1.165, 1.54) is 12.3 Å². The minimum atomic E-state index is -0.400. The molecule has 21 heavy (non-hydrogen) atoms. The van der Waals surface area contributed by atoms with Crippen LogP contribution in [0.5, 0.6) is 0 Å². The molecular formula is C16H19N3O2. The van der Waals surface area contributed by atoms with Crippen LogP contribution in [0.2, 0.25) is 0 Å². The number of aryl methyl sites for hydroxylation is 1. The van der Waals surface area contributed by atoms with Crippen LogP contribution in [0, 0.1) is 6.92 Å². The lowest BCUT2D eigenvalue weighted by Crippen LogP contribution is -2.43. The molecule has 0 aliphatic carbocycles. The van der Waals surface area contributed by atoms with E-state index in [1.807, 2.05) is 30.3 Å². The monoisotopic (exact) mass is 285 g/mol. The number of aromatic amines is 1. The lowest BCUT2D eigenvalue weighted by molar-refractivity contribution is 0.0936. The first kappa shape index (κ1) is 15.0. The van der Waals surface area contributed by atoms with E-state index in [-0.39, 0.29) is 17.0 Å². The Balaban J connectivity index is 2.07. The van der Waals surface area contributed by atoms with Crippen LogP contribution in [-0.4, -0.2) is 23.5 Å². The lowest BCUT2D eigenvalue weighted by Gasteiger charge is -2.16. The molecule has 2 rings (SSSR count). The molecule has 1 aromatic carbocycles. The first-order valence-corrected chi connectivity index (χ1v) is 6.84. The molecule has 1 atom stereocenters. The van der Waals surface area contributed by atoms with E-state index >= 15 is 0 Å². The van der Waals surface area contributed by atoms with Crippen LogP contribution in [0.3, 0.4) is 0 Å². The molecule has 1 aromatic heterocycles. The average molecular weight is 285 g/mol. The predicted molar refractivity (Wildman–Crippen MR) is 82.3 cm³/mol. The van der Waals surface area contributed by atoms with Gasteiger partial charge < -0.3 is 16.0 Å². The quantitative estimate of drug-likeness (QED) is 0.765. The van der Waals surface area contributed by atoms with Crippen LogP contribution < -0.4 is 16.5 Å². The molecule has 1 amide bonds. The van der Waals surface area contributed by atoms with E-state index in [1.54, 1.807) is 6.92 Å². The van der Waals surface area contributed by atoms with Crippen molar-refractivity contribution in [1.82, 2.24) is 10.3 Å². The molecule has 0 saturated carbocycles. The Morgan fingerprint density at radius 3 is 2.67 bits per heavy atom. The molecule has 0 radical (unpaired) electrons. The van der Waals surface area contributed by atoms with Crippen molar-refractivity contribution in [2.75, 3.05) is 6.54 Å². The SMILES string of the molecule is Cc1cc(=O)c(C(=O)NC(CN)Cc2ccccc2)c[nH]1. The minimum Gasteiger partial charge on any atom is -0.364 e. The van der Waals surface area contributed by atoms with Gasteiger partial charge in [0.15, 0.2) is 5.43 Å². The van der Waals surface area contributed by atoms with E-state index in [9.17, 15) is 9.59 Å². The number of carbonyl (C=O) groups is 1. The van der Waals surface area contributed by atoms with Gasteiger partial charge in [-0.2, -0.15) is 0 Å². The summed E-state index contributed by atoms with van der Waals surface area (Å²) in [6.45, 7) is 2.07. The van der Waals surface area contributed by atoms with Gasteiger partial charge in [-0.1, -0.05) is 30.3 Å². The molecule has 0 saturated heterocycles. The number of hydrogen-bond acceptors (Lipinski definition) is 3. The summed E-state index contributed by atoms with van der Waals surface area (Å²) in [5, 5.41) is 2.81. The summed E-state index contributed by atoms with van der Waals surface area (Å²) in [7, 11) is 0. The maximum atomic E-state index is 12.1. The van der Waals surface area contributed by atoms with Gasteiger partial charge in [0.1, 0.15) is 5.56 Å². The standard InChI is InChI=1S/C16H19N3O2/c1-11-7-15(20)14(10-18-11)16(21)19-13(9-17)8-12-5-3-2-4-6-12/h2-7,10,13H,8-9,17H2,1H3,(H,18,20)(H,19,21). The van der Waals surface area contributed by atoms with E-state index in [2.05, 4.69) is 10.3 Å². The maximum absolute atomic E-state index is 12.1. The topological polar surface area (TPSA) is 88.0 Å². The fourth-order valence-electron chi connectivity index (χ4n) is 2.11. The average Bonchev–Trinajstić information content (AvgIpc) is 2.47. The Hall–Kier alpha value is -2.40. The highest BCUT2D eigenvalue weighted by Gasteiger charge is 2.15. The summed E-state index contributed by atoms with van der Waals surface area (Å²) in [5.74, 6) is -0.400. The molecule has 4 N–H and O–H groups in total. The number of hydrogen-bond donors (Lipinski definition) is 3. The predicted octanol–water partition coefficient (Wildman–Crippen LogP) is 0.983. The third-order valence-corrected chi connectivity index (χ3v) is 3.25. The number of nitrogens with two attached hydrogens (primary N) is 1. The highest BCUT2D eigenvalue weighted by molar-refractivity contribution is 5.94. The van der Waals surface area contributed by atoms with Crippen LogP contribution in [0.25, 0.3) is 0 Å². The van der Waals surface area contributed by atoms with Crippen molar-refractivity contribution in [2.45, 2.75) is 19.4 Å². The van der Waals surface area contributed by atoms with E-state index < -0.39 is 5.91 Å². The van der Waals surface area contributed by atoms with Crippen molar-refractivity contribution in [2.24, 2.45) is 5.73 Å². The van der Waals surface area contributed by atoms with E-state index in [4.69, 9.17) is 5.73 Å². The van der Waals surface area contributed by atoms with Gasteiger partial charge in [-0.05, 0) is 18.9 Å². The molecule has 0 fully saturated rings. The van der Waals surface area contributed by atoms with Crippen LogP contribution in [-0.2, 0) is 6.42 Å². The molecule has 110 valence electrons. The van der Waals surface area contributed by atoms with Gasteiger partial charge in [0.2, 0.25) is 0 Å². The van der Waals surface area contributed by atoms with Crippen LogP contribution >= 0.6 is 0 Å². The molecule has 0 aliphatic heterocycles. The molecule has 5 nitrogen and oxygen atoms in total. The van der Waals surface area contributed by atoms with Crippen LogP contribution in [0.15, 0.2) is 47.4 Å². The Morgan fingerprint density at radius 2 is 2.05 bits per heavy atom. The summed E-state index contributed by atoms with van der Waals surface area (Å²) >= 11 is 0. The Kier molecular flexibility index (Phi) is 4.90. The third kappa shape index (κ3) is 4.03. The first-order chi connectivity index (χ1) is 10.1. The zero-order chi connectivity index (χ0) is 15.2. The summed E-state index contributed by atoms with van der Waals surface area (Å²) < 4.78 is 0.